The van der Waals surface area contributed by atoms with Crippen molar-refractivity contribution in [2.45, 2.75) is 26.7 Å². The van der Waals surface area contributed by atoms with Gasteiger partial charge in [0.2, 0.25) is 5.91 Å². The zero-order valence-corrected chi connectivity index (χ0v) is 22.7. The number of ether oxygens (including phenoxy) is 2. The highest BCUT2D eigenvalue weighted by Gasteiger charge is 2.27. The Morgan fingerprint density at radius 1 is 1.11 bits per heavy atom. The van der Waals surface area contributed by atoms with E-state index in [4.69, 9.17) is 32.7 Å². The second kappa shape index (κ2) is 13.2. The molecule has 2 amide bonds. The molecule has 3 aromatic rings. The Balaban J connectivity index is 1.71. The zero-order valence-electron chi connectivity index (χ0n) is 20.3. The van der Waals surface area contributed by atoms with E-state index in [0.717, 1.165) is 11.3 Å². The summed E-state index contributed by atoms with van der Waals surface area (Å²) in [6, 6.07) is 10.3. The summed E-state index contributed by atoms with van der Waals surface area (Å²) in [5, 5.41) is 17.3. The molecule has 200 valence electrons. The number of thiophene rings is 1. The van der Waals surface area contributed by atoms with Gasteiger partial charge in [0.25, 0.3) is 11.6 Å². The van der Waals surface area contributed by atoms with E-state index in [1.165, 1.54) is 24.3 Å². The topological polar surface area (TPSA) is 137 Å². The number of hydrogen-bond acceptors (Lipinski definition) is 8. The van der Waals surface area contributed by atoms with E-state index in [2.05, 4.69) is 10.6 Å². The summed E-state index contributed by atoms with van der Waals surface area (Å²) < 4.78 is 10.7. The van der Waals surface area contributed by atoms with Gasteiger partial charge in [0, 0.05) is 29.3 Å². The van der Waals surface area contributed by atoms with Crippen LogP contribution in [0.25, 0.3) is 0 Å². The summed E-state index contributed by atoms with van der Waals surface area (Å²) in [5.41, 5.74) is 0.403. The molecule has 1 heterocycles. The van der Waals surface area contributed by atoms with Gasteiger partial charge >= 0.3 is 5.97 Å². The number of nitro benzene ring substituents is 1. The molecule has 2 N–H and O–H groups in total. The van der Waals surface area contributed by atoms with E-state index in [1.807, 2.05) is 0 Å². The summed E-state index contributed by atoms with van der Waals surface area (Å²) in [6.07, 6.45) is 0.420. The van der Waals surface area contributed by atoms with Crippen LogP contribution in [0, 0.1) is 17.0 Å². The first-order valence-electron chi connectivity index (χ1n) is 11.3. The number of esters is 1. The maximum atomic E-state index is 13.0. The number of nitro groups is 1. The SMILES string of the molecule is CCOC(=O)c1c(NC(=O)CCCOc2ccc(Cl)cc2Cl)sc(C(=O)Nc2cccc([N+](=O)[O-])c2)c1C. The molecule has 0 unspecified atom stereocenters. The van der Waals surface area contributed by atoms with Crippen molar-refractivity contribution in [2.24, 2.45) is 0 Å². The van der Waals surface area contributed by atoms with Gasteiger partial charge < -0.3 is 20.1 Å². The summed E-state index contributed by atoms with van der Waals surface area (Å²) in [4.78, 5) is 48.8. The molecule has 0 fully saturated rings. The third kappa shape index (κ3) is 7.44. The molecule has 3 rings (SSSR count). The van der Waals surface area contributed by atoms with Gasteiger partial charge in [-0.3, -0.25) is 19.7 Å². The summed E-state index contributed by atoms with van der Waals surface area (Å²) in [5.74, 6) is -1.23. The minimum atomic E-state index is -0.688. The molecule has 0 bridgehead atoms. The number of nitrogens with zero attached hydrogens (tertiary/aromatic N) is 1. The molecule has 0 aliphatic carbocycles. The van der Waals surface area contributed by atoms with Gasteiger partial charge in [0.05, 0.1) is 33.6 Å². The van der Waals surface area contributed by atoms with Gasteiger partial charge in [-0.15, -0.1) is 11.3 Å². The van der Waals surface area contributed by atoms with Crippen molar-refractivity contribution >= 4 is 68.7 Å². The molecule has 13 heteroatoms. The fourth-order valence-corrected chi connectivity index (χ4v) is 4.92. The van der Waals surface area contributed by atoms with Crippen LogP contribution in [0.3, 0.4) is 0 Å². The quantitative estimate of drug-likeness (QED) is 0.114. The van der Waals surface area contributed by atoms with Crippen LogP contribution in [-0.2, 0) is 9.53 Å². The number of non-ortho nitro benzene ring substituents is 1. The largest absolute Gasteiger partial charge is 0.492 e. The summed E-state index contributed by atoms with van der Waals surface area (Å²) in [6.45, 7) is 3.51. The van der Waals surface area contributed by atoms with Gasteiger partial charge in [-0.25, -0.2) is 4.79 Å². The van der Waals surface area contributed by atoms with Gasteiger partial charge in [-0.2, -0.15) is 0 Å². The van der Waals surface area contributed by atoms with E-state index >= 15 is 0 Å². The molecule has 0 saturated heterocycles. The highest BCUT2D eigenvalue weighted by Crippen LogP contribution is 2.35. The number of amides is 2. The normalized spacial score (nSPS) is 10.5. The monoisotopic (exact) mass is 579 g/mol. The van der Waals surface area contributed by atoms with Crippen LogP contribution in [0.15, 0.2) is 42.5 Å². The second-order valence-electron chi connectivity index (χ2n) is 7.82. The van der Waals surface area contributed by atoms with Gasteiger partial charge in [-0.1, -0.05) is 29.3 Å². The maximum absolute atomic E-state index is 13.0. The number of nitrogens with one attached hydrogen (secondary N) is 2. The molecular weight excluding hydrogens is 557 g/mol. The number of rotatable bonds is 11. The Morgan fingerprint density at radius 3 is 2.55 bits per heavy atom. The summed E-state index contributed by atoms with van der Waals surface area (Å²) >= 11 is 12.8. The fraction of sp³-hybridized carbons (Fsp3) is 0.240. The molecule has 10 nitrogen and oxygen atoms in total. The van der Waals surface area contributed by atoms with Crippen LogP contribution in [0.1, 0.15) is 45.4 Å². The maximum Gasteiger partial charge on any atom is 0.341 e. The molecule has 0 aliphatic rings. The lowest BCUT2D eigenvalue weighted by Gasteiger charge is -2.09. The Morgan fingerprint density at radius 2 is 1.87 bits per heavy atom. The van der Waals surface area contributed by atoms with Crippen LogP contribution in [0.4, 0.5) is 16.4 Å². The summed E-state index contributed by atoms with van der Waals surface area (Å²) in [7, 11) is 0. The lowest BCUT2D eigenvalue weighted by molar-refractivity contribution is -0.384. The molecule has 0 saturated carbocycles. The lowest BCUT2D eigenvalue weighted by atomic mass is 10.1. The third-order valence-corrected chi connectivity index (χ3v) is 6.84. The van der Waals surface area contributed by atoms with Crippen molar-refractivity contribution in [3.05, 3.63) is 78.6 Å². The Bertz CT molecular complexity index is 1380. The van der Waals surface area contributed by atoms with Crippen molar-refractivity contribution in [2.75, 3.05) is 23.8 Å². The average molecular weight is 580 g/mol. The number of anilines is 2. The van der Waals surface area contributed by atoms with Gasteiger partial charge in [-0.05, 0) is 50.1 Å². The first-order valence-corrected chi connectivity index (χ1v) is 12.9. The minimum absolute atomic E-state index is 0.0681. The molecular formula is C25H23Cl2N3O7S. The number of carbonyl (C=O) groups is 3. The Hall–Kier alpha value is -3.67. The Kier molecular flexibility index (Phi) is 10.1. The van der Waals surface area contributed by atoms with Crippen molar-refractivity contribution < 1.29 is 28.8 Å². The lowest BCUT2D eigenvalue weighted by Crippen LogP contribution is -2.15. The van der Waals surface area contributed by atoms with Crippen LogP contribution >= 0.6 is 34.5 Å². The Labute approximate surface area is 232 Å². The molecule has 2 aromatic carbocycles. The first-order chi connectivity index (χ1) is 18.1. The molecule has 38 heavy (non-hydrogen) atoms. The smallest absolute Gasteiger partial charge is 0.341 e. The molecule has 0 aliphatic heterocycles. The standard InChI is InChI=1S/C25H23Cl2N3O7S/c1-3-36-25(33)21-14(2)22(23(32)28-16-6-4-7-17(13-16)30(34)35)38-24(21)29-20(31)8-5-11-37-19-10-9-15(26)12-18(19)27/h4,6-7,9-10,12-13H,3,5,8,11H2,1-2H3,(H,28,32)(H,29,31). The first kappa shape index (κ1) is 28.9. The van der Waals surface area contributed by atoms with Crippen molar-refractivity contribution in [3.8, 4) is 5.75 Å². The minimum Gasteiger partial charge on any atom is -0.492 e. The van der Waals surface area contributed by atoms with Crippen LogP contribution < -0.4 is 15.4 Å². The average Bonchev–Trinajstić information content (AvgIpc) is 3.18. The molecule has 1 aromatic heterocycles. The van der Waals surface area contributed by atoms with Crippen LogP contribution in [-0.4, -0.2) is 35.9 Å². The van der Waals surface area contributed by atoms with Crippen LogP contribution in [0.5, 0.6) is 5.75 Å². The molecule has 0 atom stereocenters. The third-order valence-electron chi connectivity index (χ3n) is 5.10. The number of carbonyl (C=O) groups excluding carboxylic acids is 3. The van der Waals surface area contributed by atoms with Crippen molar-refractivity contribution in [3.63, 3.8) is 0 Å². The van der Waals surface area contributed by atoms with Crippen molar-refractivity contribution in [1.29, 1.82) is 0 Å². The van der Waals surface area contributed by atoms with Crippen molar-refractivity contribution in [1.82, 2.24) is 0 Å². The van der Waals surface area contributed by atoms with Crippen LogP contribution in [0.2, 0.25) is 10.0 Å². The predicted octanol–water partition coefficient (Wildman–Crippen LogP) is 6.50. The van der Waals surface area contributed by atoms with E-state index in [-0.39, 0.29) is 46.5 Å². The zero-order chi connectivity index (χ0) is 27.8. The molecule has 0 spiro atoms. The van der Waals surface area contributed by atoms with E-state index in [9.17, 15) is 24.5 Å². The van der Waals surface area contributed by atoms with Gasteiger partial charge in [0.1, 0.15) is 10.8 Å². The highest BCUT2D eigenvalue weighted by molar-refractivity contribution is 7.19. The fourth-order valence-electron chi connectivity index (χ4n) is 3.35. The number of halogens is 2. The highest BCUT2D eigenvalue weighted by atomic mass is 35.5. The molecule has 0 radical (unpaired) electrons. The van der Waals surface area contributed by atoms with E-state index in [0.29, 0.717) is 27.8 Å². The number of benzene rings is 2. The van der Waals surface area contributed by atoms with E-state index in [1.54, 1.807) is 32.0 Å². The number of hydrogen-bond donors (Lipinski definition) is 2. The van der Waals surface area contributed by atoms with Gasteiger partial charge in [0.15, 0.2) is 0 Å². The predicted molar refractivity (Wildman–Crippen MR) is 146 cm³/mol. The van der Waals surface area contributed by atoms with E-state index < -0.39 is 22.7 Å². The second-order valence-corrected chi connectivity index (χ2v) is 9.68.